The van der Waals surface area contributed by atoms with E-state index in [4.69, 9.17) is 11.0 Å². The Morgan fingerprint density at radius 2 is 2.05 bits per heavy atom. The second kappa shape index (κ2) is 5.41. The number of nitriles is 1. The van der Waals surface area contributed by atoms with Crippen LogP contribution in [0, 0.1) is 24.1 Å². The van der Waals surface area contributed by atoms with Crippen LogP contribution < -0.4 is 11.1 Å². The summed E-state index contributed by atoms with van der Waals surface area (Å²) in [7, 11) is 0. The van der Waals surface area contributed by atoms with Gasteiger partial charge in [-0.25, -0.2) is 4.39 Å². The molecule has 0 heterocycles. The minimum absolute atomic E-state index is 0.119. The van der Waals surface area contributed by atoms with Gasteiger partial charge in [-0.2, -0.15) is 5.26 Å². The maximum atomic E-state index is 13.2. The zero-order valence-electron chi connectivity index (χ0n) is 10.8. The number of nitrogens with zero attached hydrogens (tertiary/aromatic N) is 1. The zero-order chi connectivity index (χ0) is 14.7. The average molecular weight is 269 g/mol. The van der Waals surface area contributed by atoms with Crippen molar-refractivity contribution in [2.24, 2.45) is 0 Å². The van der Waals surface area contributed by atoms with Gasteiger partial charge in [0.25, 0.3) is 5.91 Å². The Hall–Kier alpha value is -2.87. The lowest BCUT2D eigenvalue weighted by Gasteiger charge is -2.07. The van der Waals surface area contributed by atoms with Crippen LogP contribution in [0.15, 0.2) is 36.4 Å². The smallest absolute Gasteiger partial charge is 0.255 e. The highest BCUT2D eigenvalue weighted by Crippen LogP contribution is 2.17. The van der Waals surface area contributed by atoms with Gasteiger partial charge in [-0.15, -0.1) is 0 Å². The topological polar surface area (TPSA) is 78.9 Å². The number of benzene rings is 2. The van der Waals surface area contributed by atoms with Crippen LogP contribution in [-0.2, 0) is 0 Å². The molecule has 0 aromatic heterocycles. The van der Waals surface area contributed by atoms with Crippen LogP contribution in [0.1, 0.15) is 21.5 Å². The maximum Gasteiger partial charge on any atom is 0.255 e. The Morgan fingerprint density at radius 1 is 1.30 bits per heavy atom. The number of aryl methyl sites for hydroxylation is 1. The van der Waals surface area contributed by atoms with Crippen molar-refractivity contribution >= 4 is 17.3 Å². The van der Waals surface area contributed by atoms with Crippen LogP contribution in [-0.4, -0.2) is 5.91 Å². The molecule has 0 aliphatic carbocycles. The van der Waals surface area contributed by atoms with E-state index in [1.807, 2.05) is 6.92 Å². The number of carbonyl (C=O) groups is 1. The van der Waals surface area contributed by atoms with Gasteiger partial charge in [-0.3, -0.25) is 4.79 Å². The summed E-state index contributed by atoms with van der Waals surface area (Å²) in [4.78, 5) is 12.1. The number of nitrogens with one attached hydrogen (secondary N) is 1. The third-order valence-electron chi connectivity index (χ3n) is 2.71. The summed E-state index contributed by atoms with van der Waals surface area (Å²) in [5, 5.41) is 11.3. The molecule has 1 amide bonds. The molecule has 0 aliphatic rings. The number of nitrogens with two attached hydrogens (primary N) is 1. The number of carbonyl (C=O) groups excluding carboxylic acids is 1. The predicted octanol–water partition coefficient (Wildman–Crippen LogP) is 2.84. The first-order chi connectivity index (χ1) is 9.49. The molecule has 0 saturated carbocycles. The zero-order valence-corrected chi connectivity index (χ0v) is 10.8. The number of nitrogen functional groups attached to an aromatic ring is 1. The van der Waals surface area contributed by atoms with E-state index >= 15 is 0 Å². The fourth-order valence-electron chi connectivity index (χ4n) is 1.84. The van der Waals surface area contributed by atoms with Gasteiger partial charge in [-0.1, -0.05) is 0 Å². The van der Waals surface area contributed by atoms with Gasteiger partial charge in [0.15, 0.2) is 0 Å². The van der Waals surface area contributed by atoms with Gasteiger partial charge in [0.05, 0.1) is 5.56 Å². The van der Waals surface area contributed by atoms with Crippen molar-refractivity contribution in [2.45, 2.75) is 6.92 Å². The molecule has 2 aromatic carbocycles. The van der Waals surface area contributed by atoms with E-state index in [1.165, 1.54) is 12.1 Å². The van der Waals surface area contributed by atoms with Crippen LogP contribution >= 0.6 is 0 Å². The highest BCUT2D eigenvalue weighted by Gasteiger charge is 2.09. The van der Waals surface area contributed by atoms with Crippen LogP contribution in [0.4, 0.5) is 15.8 Å². The Balaban J connectivity index is 2.26. The van der Waals surface area contributed by atoms with Crippen molar-refractivity contribution in [2.75, 3.05) is 11.1 Å². The van der Waals surface area contributed by atoms with Gasteiger partial charge in [0.1, 0.15) is 11.9 Å². The lowest BCUT2D eigenvalue weighted by Crippen LogP contribution is -2.12. The lowest BCUT2D eigenvalue weighted by molar-refractivity contribution is 0.102. The molecule has 0 unspecified atom stereocenters. The van der Waals surface area contributed by atoms with Crippen LogP contribution in [0.2, 0.25) is 0 Å². The molecule has 3 N–H and O–H groups in total. The normalized spacial score (nSPS) is 9.85. The van der Waals surface area contributed by atoms with Crippen molar-refractivity contribution in [3.8, 4) is 6.07 Å². The first-order valence-electron chi connectivity index (χ1n) is 5.88. The highest BCUT2D eigenvalue weighted by atomic mass is 19.1. The molecular weight excluding hydrogens is 257 g/mol. The van der Waals surface area contributed by atoms with Crippen LogP contribution in [0.3, 0.4) is 0 Å². The molecule has 4 nitrogen and oxygen atoms in total. The third kappa shape index (κ3) is 2.93. The molecule has 0 radical (unpaired) electrons. The van der Waals surface area contributed by atoms with E-state index < -0.39 is 5.82 Å². The molecule has 0 aliphatic heterocycles. The molecule has 20 heavy (non-hydrogen) atoms. The van der Waals surface area contributed by atoms with Crippen molar-refractivity contribution in [3.63, 3.8) is 0 Å². The fourth-order valence-corrected chi connectivity index (χ4v) is 1.84. The third-order valence-corrected chi connectivity index (χ3v) is 2.71. The number of rotatable bonds is 2. The summed E-state index contributed by atoms with van der Waals surface area (Å²) in [6.07, 6.45) is 0. The fraction of sp³-hybridized carbons (Fsp3) is 0.0667. The molecule has 0 atom stereocenters. The average Bonchev–Trinajstić information content (AvgIpc) is 2.39. The monoisotopic (exact) mass is 269 g/mol. The van der Waals surface area contributed by atoms with Crippen molar-refractivity contribution in [3.05, 3.63) is 58.9 Å². The number of amides is 1. The van der Waals surface area contributed by atoms with Crippen LogP contribution in [0.25, 0.3) is 0 Å². The molecule has 0 spiro atoms. The van der Waals surface area contributed by atoms with E-state index in [9.17, 15) is 9.18 Å². The minimum atomic E-state index is -0.620. The molecule has 0 saturated heterocycles. The lowest BCUT2D eigenvalue weighted by atomic mass is 10.1. The Morgan fingerprint density at radius 3 is 2.70 bits per heavy atom. The SMILES string of the molecule is Cc1cc(N)cc(C(=O)Nc2ccc(F)c(C#N)c2)c1. The summed E-state index contributed by atoms with van der Waals surface area (Å²) in [6.45, 7) is 1.83. The Labute approximate surface area is 115 Å². The largest absolute Gasteiger partial charge is 0.399 e. The summed E-state index contributed by atoms with van der Waals surface area (Å²) in [6, 6.07) is 10.5. The molecular formula is C15H12FN3O. The van der Waals surface area contributed by atoms with Crippen molar-refractivity contribution < 1.29 is 9.18 Å². The number of hydrogen-bond acceptors (Lipinski definition) is 3. The maximum absolute atomic E-state index is 13.2. The van der Waals surface area contributed by atoms with E-state index in [1.54, 1.807) is 24.3 Å². The summed E-state index contributed by atoms with van der Waals surface area (Å²) >= 11 is 0. The van der Waals surface area contributed by atoms with E-state index in [0.717, 1.165) is 11.6 Å². The quantitative estimate of drug-likeness (QED) is 0.823. The number of anilines is 2. The molecule has 5 heteroatoms. The minimum Gasteiger partial charge on any atom is -0.399 e. The molecule has 0 bridgehead atoms. The molecule has 2 rings (SSSR count). The summed E-state index contributed by atoms with van der Waals surface area (Å²) in [5.74, 6) is -0.985. The second-order valence-corrected chi connectivity index (χ2v) is 4.39. The number of hydrogen-bond donors (Lipinski definition) is 2. The summed E-state index contributed by atoms with van der Waals surface area (Å²) in [5.41, 5.74) is 7.69. The van der Waals surface area contributed by atoms with Gasteiger partial charge in [0.2, 0.25) is 0 Å². The summed E-state index contributed by atoms with van der Waals surface area (Å²) < 4.78 is 13.2. The van der Waals surface area contributed by atoms with Gasteiger partial charge >= 0.3 is 0 Å². The first kappa shape index (κ1) is 13.6. The Bertz CT molecular complexity index is 699. The van der Waals surface area contributed by atoms with Crippen molar-refractivity contribution in [1.29, 1.82) is 5.26 Å². The van der Waals surface area contributed by atoms with E-state index in [0.29, 0.717) is 16.9 Å². The standard InChI is InChI=1S/C15H12FN3O/c1-9-4-10(6-12(18)5-9)15(20)19-13-2-3-14(16)11(7-13)8-17/h2-7H,18H2,1H3,(H,19,20). The molecule has 2 aromatic rings. The van der Waals surface area contributed by atoms with Gasteiger partial charge in [0, 0.05) is 16.9 Å². The van der Waals surface area contributed by atoms with Gasteiger partial charge in [-0.05, 0) is 48.9 Å². The van der Waals surface area contributed by atoms with Crippen molar-refractivity contribution in [1.82, 2.24) is 0 Å². The number of halogens is 1. The molecule has 100 valence electrons. The Kier molecular flexibility index (Phi) is 3.67. The predicted molar refractivity (Wildman–Crippen MR) is 74.7 cm³/mol. The highest BCUT2D eigenvalue weighted by molar-refractivity contribution is 6.05. The first-order valence-corrected chi connectivity index (χ1v) is 5.88. The molecule has 0 fully saturated rings. The second-order valence-electron chi connectivity index (χ2n) is 4.39. The van der Waals surface area contributed by atoms with E-state index in [2.05, 4.69) is 5.32 Å². The van der Waals surface area contributed by atoms with E-state index in [-0.39, 0.29) is 11.5 Å². The van der Waals surface area contributed by atoms with Gasteiger partial charge < -0.3 is 11.1 Å². The van der Waals surface area contributed by atoms with Crippen LogP contribution in [0.5, 0.6) is 0 Å².